The van der Waals surface area contributed by atoms with Gasteiger partial charge in [0.05, 0.1) is 0 Å². The number of hydrogen-bond acceptors (Lipinski definition) is 3. The van der Waals surface area contributed by atoms with Gasteiger partial charge in [-0.25, -0.2) is 0 Å². The number of carbonyl (C=O) groups is 2. The molecule has 1 saturated carbocycles. The maximum Gasteiger partial charge on any atom is 0.249 e. The van der Waals surface area contributed by atoms with E-state index in [1.54, 1.807) is 4.90 Å². The highest BCUT2D eigenvalue weighted by Gasteiger charge is 2.39. The first-order valence-electron chi connectivity index (χ1n) is 8.49. The van der Waals surface area contributed by atoms with Crippen molar-refractivity contribution in [2.45, 2.75) is 57.2 Å². The molecule has 1 aliphatic heterocycles. The molecule has 2 aliphatic rings. The lowest BCUT2D eigenvalue weighted by Gasteiger charge is -2.21. The second-order valence-electron chi connectivity index (χ2n) is 6.81. The van der Waals surface area contributed by atoms with Crippen molar-refractivity contribution in [3.63, 3.8) is 0 Å². The highest BCUT2D eigenvalue weighted by molar-refractivity contribution is 6.02. The Morgan fingerprint density at radius 2 is 2.04 bits per heavy atom. The number of nitrogens with two attached hydrogens (primary N) is 1. The second kappa shape index (κ2) is 6.71. The average molecular weight is 315 g/mol. The third kappa shape index (κ3) is 3.39. The molecule has 124 valence electrons. The minimum atomic E-state index is -0.421. The van der Waals surface area contributed by atoms with Crippen LogP contribution in [0.25, 0.3) is 0 Å². The molecule has 1 saturated heterocycles. The number of amides is 2. The predicted octanol–water partition coefficient (Wildman–Crippen LogP) is 1.81. The fourth-order valence-electron chi connectivity index (χ4n) is 3.83. The van der Waals surface area contributed by atoms with E-state index in [4.69, 9.17) is 5.73 Å². The summed E-state index contributed by atoms with van der Waals surface area (Å²) < 4.78 is 0. The molecule has 4 atom stereocenters. The number of hydrogen-bond donors (Lipinski definition) is 2. The standard InChI is InChI=1S/C18H25N3O2/c1-12-10-16(18(23)21(12)14-7-3-2-4-8-14)20-17(22)11-13-6-5-9-15(13)19/h2-4,7-8,12-13,15-16H,5-6,9-11,19H2,1H3,(H,20,22)/t12?,13-,15+,16?/m0/s1. The number of carbonyl (C=O) groups excluding carboxylic acids is 2. The summed E-state index contributed by atoms with van der Waals surface area (Å²) in [6.45, 7) is 2.02. The van der Waals surface area contributed by atoms with Gasteiger partial charge in [-0.05, 0) is 44.2 Å². The lowest BCUT2D eigenvalue weighted by molar-refractivity contribution is -0.127. The molecule has 1 heterocycles. The Balaban J connectivity index is 1.61. The van der Waals surface area contributed by atoms with Crippen molar-refractivity contribution >= 4 is 17.5 Å². The fraction of sp³-hybridized carbons (Fsp3) is 0.556. The lowest BCUT2D eigenvalue weighted by Crippen LogP contribution is -2.43. The summed E-state index contributed by atoms with van der Waals surface area (Å²) in [4.78, 5) is 26.7. The van der Waals surface area contributed by atoms with Crippen LogP contribution in [0.15, 0.2) is 30.3 Å². The third-order valence-electron chi connectivity index (χ3n) is 5.09. The van der Waals surface area contributed by atoms with E-state index in [-0.39, 0.29) is 29.8 Å². The van der Waals surface area contributed by atoms with Gasteiger partial charge >= 0.3 is 0 Å². The molecule has 3 N–H and O–H groups in total. The van der Waals surface area contributed by atoms with E-state index in [0.717, 1.165) is 24.9 Å². The first-order chi connectivity index (χ1) is 11.1. The maximum absolute atomic E-state index is 12.6. The minimum Gasteiger partial charge on any atom is -0.344 e. The van der Waals surface area contributed by atoms with E-state index in [1.807, 2.05) is 37.3 Å². The van der Waals surface area contributed by atoms with Crippen molar-refractivity contribution in [3.05, 3.63) is 30.3 Å². The van der Waals surface area contributed by atoms with E-state index in [2.05, 4.69) is 5.32 Å². The monoisotopic (exact) mass is 315 g/mol. The number of nitrogens with one attached hydrogen (secondary N) is 1. The SMILES string of the molecule is CC1CC(NC(=O)C[C@@H]2CCC[C@H]2N)C(=O)N1c1ccccc1. The Hall–Kier alpha value is -1.88. The molecule has 5 heteroatoms. The van der Waals surface area contributed by atoms with Gasteiger partial charge in [0.25, 0.3) is 0 Å². The zero-order valence-electron chi connectivity index (χ0n) is 13.6. The third-order valence-corrected chi connectivity index (χ3v) is 5.09. The van der Waals surface area contributed by atoms with E-state index >= 15 is 0 Å². The predicted molar refractivity (Wildman–Crippen MR) is 89.9 cm³/mol. The van der Waals surface area contributed by atoms with Crippen molar-refractivity contribution in [3.8, 4) is 0 Å². The molecule has 0 aromatic heterocycles. The molecule has 5 nitrogen and oxygen atoms in total. The molecule has 2 fully saturated rings. The molecule has 3 rings (SSSR count). The van der Waals surface area contributed by atoms with E-state index in [0.29, 0.717) is 12.8 Å². The van der Waals surface area contributed by atoms with Gasteiger partial charge in [0.15, 0.2) is 0 Å². The van der Waals surface area contributed by atoms with Gasteiger partial charge in [-0.2, -0.15) is 0 Å². The first kappa shape index (κ1) is 16.0. The summed E-state index contributed by atoms with van der Waals surface area (Å²) in [5, 5.41) is 2.92. The Bertz CT molecular complexity index is 575. The summed E-state index contributed by atoms with van der Waals surface area (Å²) in [7, 11) is 0. The molecule has 1 aliphatic carbocycles. The second-order valence-corrected chi connectivity index (χ2v) is 6.81. The van der Waals surface area contributed by atoms with Gasteiger partial charge in [0, 0.05) is 24.2 Å². The highest BCUT2D eigenvalue weighted by Crippen LogP contribution is 2.28. The van der Waals surface area contributed by atoms with Crippen molar-refractivity contribution in [1.82, 2.24) is 5.32 Å². The summed E-state index contributed by atoms with van der Waals surface area (Å²) >= 11 is 0. The van der Waals surface area contributed by atoms with Gasteiger partial charge < -0.3 is 16.0 Å². The smallest absolute Gasteiger partial charge is 0.249 e. The van der Waals surface area contributed by atoms with Gasteiger partial charge in [-0.3, -0.25) is 9.59 Å². The Morgan fingerprint density at radius 3 is 2.70 bits per heavy atom. The average Bonchev–Trinajstić information content (AvgIpc) is 3.04. The summed E-state index contributed by atoms with van der Waals surface area (Å²) in [6, 6.07) is 9.41. The molecule has 0 spiro atoms. The van der Waals surface area contributed by atoms with Gasteiger partial charge in [0.2, 0.25) is 11.8 Å². The van der Waals surface area contributed by atoms with Gasteiger partial charge in [-0.1, -0.05) is 24.6 Å². The van der Waals surface area contributed by atoms with Crippen LogP contribution in [-0.4, -0.2) is 29.9 Å². The van der Waals surface area contributed by atoms with Crippen LogP contribution in [0.1, 0.15) is 39.0 Å². The quantitative estimate of drug-likeness (QED) is 0.890. The molecular formula is C18H25N3O2. The van der Waals surface area contributed by atoms with Crippen molar-refractivity contribution < 1.29 is 9.59 Å². The van der Waals surface area contributed by atoms with Crippen LogP contribution in [0.2, 0.25) is 0 Å². The highest BCUT2D eigenvalue weighted by atomic mass is 16.2. The van der Waals surface area contributed by atoms with Crippen LogP contribution in [0.4, 0.5) is 5.69 Å². The maximum atomic E-state index is 12.6. The van der Waals surface area contributed by atoms with E-state index < -0.39 is 6.04 Å². The van der Waals surface area contributed by atoms with Crippen LogP contribution in [0.5, 0.6) is 0 Å². The summed E-state index contributed by atoms with van der Waals surface area (Å²) in [5.41, 5.74) is 6.92. The van der Waals surface area contributed by atoms with Crippen molar-refractivity contribution in [1.29, 1.82) is 0 Å². The van der Waals surface area contributed by atoms with Gasteiger partial charge in [0.1, 0.15) is 6.04 Å². The van der Waals surface area contributed by atoms with Crippen LogP contribution >= 0.6 is 0 Å². The van der Waals surface area contributed by atoms with Crippen molar-refractivity contribution in [2.75, 3.05) is 4.90 Å². The lowest BCUT2D eigenvalue weighted by atomic mass is 9.99. The molecule has 2 unspecified atom stereocenters. The number of anilines is 1. The van der Waals surface area contributed by atoms with E-state index in [1.165, 1.54) is 0 Å². The molecule has 2 amide bonds. The fourth-order valence-corrected chi connectivity index (χ4v) is 3.83. The van der Waals surface area contributed by atoms with Crippen LogP contribution < -0.4 is 16.0 Å². The van der Waals surface area contributed by atoms with Crippen LogP contribution in [0, 0.1) is 5.92 Å². The minimum absolute atomic E-state index is 0.0206. The molecule has 1 aromatic carbocycles. The number of rotatable bonds is 4. The first-order valence-corrected chi connectivity index (χ1v) is 8.49. The van der Waals surface area contributed by atoms with Crippen LogP contribution in [0.3, 0.4) is 0 Å². The zero-order chi connectivity index (χ0) is 16.4. The zero-order valence-corrected chi connectivity index (χ0v) is 13.6. The van der Waals surface area contributed by atoms with E-state index in [9.17, 15) is 9.59 Å². The molecular weight excluding hydrogens is 290 g/mol. The van der Waals surface area contributed by atoms with Gasteiger partial charge in [-0.15, -0.1) is 0 Å². The Labute approximate surface area is 137 Å². The molecule has 0 radical (unpaired) electrons. The Morgan fingerprint density at radius 1 is 1.30 bits per heavy atom. The largest absolute Gasteiger partial charge is 0.344 e. The molecule has 23 heavy (non-hydrogen) atoms. The molecule has 1 aromatic rings. The Kier molecular flexibility index (Phi) is 4.66. The topological polar surface area (TPSA) is 75.4 Å². The number of nitrogens with zero attached hydrogens (tertiary/aromatic N) is 1. The van der Waals surface area contributed by atoms with Crippen molar-refractivity contribution in [2.24, 2.45) is 11.7 Å². The van der Waals surface area contributed by atoms with Crippen LogP contribution in [-0.2, 0) is 9.59 Å². The summed E-state index contributed by atoms with van der Waals surface area (Å²) in [5.74, 6) is 0.190. The number of para-hydroxylation sites is 1. The number of benzene rings is 1. The molecule has 0 bridgehead atoms. The normalized spacial score (nSPS) is 30.7. The summed E-state index contributed by atoms with van der Waals surface area (Å²) in [6.07, 6.45) is 4.19.